The fraction of sp³-hybridized carbons (Fsp3) is 0.500. The van der Waals surface area contributed by atoms with Crippen LogP contribution in [0.4, 0.5) is 10.2 Å². The molecule has 174 valence electrons. The molecule has 0 radical (unpaired) electrons. The average Bonchev–Trinajstić information content (AvgIpc) is 3.20. The smallest absolute Gasteiger partial charge is 0.307 e. The van der Waals surface area contributed by atoms with Crippen molar-refractivity contribution >= 4 is 40.9 Å². The number of halogens is 3. The average molecular weight is 492 g/mol. The highest BCUT2D eigenvalue weighted by atomic mass is 35.5. The number of rotatable bonds is 2. The lowest BCUT2D eigenvalue weighted by atomic mass is 9.51. The van der Waals surface area contributed by atoms with Gasteiger partial charge in [-0.05, 0) is 60.6 Å². The largest absolute Gasteiger partial charge is 0.481 e. The molecule has 1 unspecified atom stereocenters. The van der Waals surface area contributed by atoms with Gasteiger partial charge in [0.1, 0.15) is 11.0 Å². The molecule has 9 heteroatoms. The van der Waals surface area contributed by atoms with E-state index in [1.165, 1.54) is 12.3 Å². The van der Waals surface area contributed by atoms with E-state index in [1.54, 1.807) is 12.1 Å². The summed E-state index contributed by atoms with van der Waals surface area (Å²) in [5.41, 5.74) is -1.24. The zero-order valence-corrected chi connectivity index (χ0v) is 19.8. The van der Waals surface area contributed by atoms with Crippen molar-refractivity contribution in [2.45, 2.75) is 57.3 Å². The molecule has 0 saturated heterocycles. The third-order valence-electron chi connectivity index (χ3n) is 8.28. The third kappa shape index (κ3) is 3.04. The number of hydrogen-bond donors (Lipinski definition) is 2. The zero-order valence-electron chi connectivity index (χ0n) is 18.3. The van der Waals surface area contributed by atoms with Crippen LogP contribution in [0, 0.1) is 22.6 Å². The predicted octanol–water partition coefficient (Wildman–Crippen LogP) is 5.59. The van der Waals surface area contributed by atoms with E-state index in [1.807, 2.05) is 0 Å². The summed E-state index contributed by atoms with van der Waals surface area (Å²) in [5.74, 6) is -3.84. The minimum atomic E-state index is -1.31. The summed E-state index contributed by atoms with van der Waals surface area (Å²) in [6.45, 7) is 4.36. The molecule has 1 aliphatic heterocycles. The van der Waals surface area contributed by atoms with Crippen molar-refractivity contribution in [2.24, 2.45) is 16.7 Å². The minimum Gasteiger partial charge on any atom is -0.481 e. The number of aromatic nitrogens is 2. The van der Waals surface area contributed by atoms with Gasteiger partial charge in [-0.15, -0.1) is 0 Å². The van der Waals surface area contributed by atoms with Gasteiger partial charge in [0.15, 0.2) is 11.0 Å². The van der Waals surface area contributed by atoms with E-state index in [0.717, 1.165) is 12.8 Å². The van der Waals surface area contributed by atoms with Crippen molar-refractivity contribution in [1.29, 1.82) is 0 Å². The first-order valence-corrected chi connectivity index (χ1v) is 11.8. The molecule has 1 amide bonds. The summed E-state index contributed by atoms with van der Waals surface area (Å²) >= 11 is 12.1. The number of fused-ring (bicyclic) bond motifs is 3. The Hall–Kier alpha value is -2.25. The fourth-order valence-corrected chi connectivity index (χ4v) is 7.01. The van der Waals surface area contributed by atoms with Gasteiger partial charge in [0.05, 0.1) is 11.3 Å². The number of pyridine rings is 2. The van der Waals surface area contributed by atoms with Crippen molar-refractivity contribution < 1.29 is 19.1 Å². The summed E-state index contributed by atoms with van der Waals surface area (Å²) in [4.78, 5) is 34.7. The maximum atomic E-state index is 15.4. The molecule has 0 bridgehead atoms. The molecular formula is C24H24Cl2FN3O3. The van der Waals surface area contributed by atoms with Crippen LogP contribution in [0.5, 0.6) is 0 Å². The van der Waals surface area contributed by atoms with Gasteiger partial charge in [-0.3, -0.25) is 9.59 Å². The number of aliphatic carboxylic acids is 1. The number of anilines is 1. The Morgan fingerprint density at radius 2 is 1.88 bits per heavy atom. The molecule has 2 N–H and O–H groups in total. The second-order valence-electron chi connectivity index (χ2n) is 10.4. The third-order valence-corrected chi connectivity index (χ3v) is 8.76. The van der Waals surface area contributed by atoms with Crippen molar-refractivity contribution in [2.75, 3.05) is 5.32 Å². The molecule has 6 nitrogen and oxygen atoms in total. The van der Waals surface area contributed by atoms with E-state index in [0.29, 0.717) is 24.2 Å². The number of carboxylic acids is 1. The van der Waals surface area contributed by atoms with E-state index in [2.05, 4.69) is 29.1 Å². The van der Waals surface area contributed by atoms with E-state index in [9.17, 15) is 14.7 Å². The molecule has 2 fully saturated rings. The number of carbonyl (C=O) groups excluding carboxylic acids is 1. The lowest BCUT2D eigenvalue weighted by Gasteiger charge is -2.50. The normalized spacial score (nSPS) is 29.3. The Morgan fingerprint density at radius 3 is 2.55 bits per heavy atom. The van der Waals surface area contributed by atoms with Crippen molar-refractivity contribution in [3.63, 3.8) is 0 Å². The molecule has 0 aromatic carbocycles. The summed E-state index contributed by atoms with van der Waals surface area (Å²) in [6, 6.07) is 4.79. The number of nitrogens with zero attached hydrogens (tertiary/aromatic N) is 2. The second kappa shape index (κ2) is 7.37. The highest BCUT2D eigenvalue weighted by Crippen LogP contribution is 2.72. The molecule has 33 heavy (non-hydrogen) atoms. The number of carboxylic acid groups (broad SMARTS) is 1. The second-order valence-corrected chi connectivity index (χ2v) is 11.1. The van der Waals surface area contributed by atoms with E-state index >= 15 is 4.39 Å². The molecule has 2 aromatic heterocycles. The highest BCUT2D eigenvalue weighted by Gasteiger charge is 2.73. The topological polar surface area (TPSA) is 92.2 Å². The van der Waals surface area contributed by atoms with Gasteiger partial charge in [0, 0.05) is 17.7 Å². The van der Waals surface area contributed by atoms with Gasteiger partial charge in [-0.25, -0.2) is 14.4 Å². The molecule has 3 aliphatic rings. The van der Waals surface area contributed by atoms with E-state index in [-0.39, 0.29) is 33.6 Å². The van der Waals surface area contributed by atoms with Crippen LogP contribution in [0.2, 0.25) is 10.3 Å². The first kappa shape index (κ1) is 22.5. The quantitative estimate of drug-likeness (QED) is 0.534. The zero-order chi connectivity index (χ0) is 23.8. The molecule has 3 heterocycles. The van der Waals surface area contributed by atoms with Crippen LogP contribution in [-0.4, -0.2) is 27.0 Å². The SMILES string of the molecule is CC1(C)CCC2(CC1)C[C@@H](C(=O)O)[C@H](c1ccnc(Cl)c1F)C21C(=O)Nc2nc(Cl)ccc21. The first-order valence-electron chi connectivity index (χ1n) is 11.0. The lowest BCUT2D eigenvalue weighted by Crippen LogP contribution is -2.52. The Labute approximate surface area is 200 Å². The van der Waals surface area contributed by atoms with Crippen molar-refractivity contribution in [1.82, 2.24) is 9.97 Å². The molecule has 3 atom stereocenters. The van der Waals surface area contributed by atoms with Crippen LogP contribution in [0.15, 0.2) is 24.4 Å². The van der Waals surface area contributed by atoms with Gasteiger partial charge in [0.25, 0.3) is 0 Å². The van der Waals surface area contributed by atoms with Crippen LogP contribution in [0.3, 0.4) is 0 Å². The predicted molar refractivity (Wildman–Crippen MR) is 122 cm³/mol. The van der Waals surface area contributed by atoms with Gasteiger partial charge in [-0.2, -0.15) is 0 Å². The van der Waals surface area contributed by atoms with Crippen LogP contribution < -0.4 is 5.32 Å². The number of hydrogen-bond acceptors (Lipinski definition) is 4. The number of amides is 1. The summed E-state index contributed by atoms with van der Waals surface area (Å²) in [6.07, 6.45) is 4.58. The molecule has 2 aromatic rings. The molecule has 2 spiro atoms. The van der Waals surface area contributed by atoms with Crippen molar-refractivity contribution in [3.05, 3.63) is 51.6 Å². The molecule has 2 aliphatic carbocycles. The maximum Gasteiger partial charge on any atom is 0.307 e. The van der Waals surface area contributed by atoms with Crippen molar-refractivity contribution in [3.8, 4) is 0 Å². The van der Waals surface area contributed by atoms with Crippen LogP contribution in [0.1, 0.15) is 63.0 Å². The van der Waals surface area contributed by atoms with Gasteiger partial charge in [-0.1, -0.05) is 43.1 Å². The van der Waals surface area contributed by atoms with E-state index in [4.69, 9.17) is 23.2 Å². The summed E-state index contributed by atoms with van der Waals surface area (Å²) in [5, 5.41) is 13.0. The Bertz CT molecular complexity index is 1180. The highest BCUT2D eigenvalue weighted by molar-refractivity contribution is 6.30. The van der Waals surface area contributed by atoms with Crippen LogP contribution >= 0.6 is 23.2 Å². The summed E-state index contributed by atoms with van der Waals surface area (Å²) < 4.78 is 15.4. The Kier molecular flexibility index (Phi) is 5.04. The standard InChI is InChI=1S/C24H24Cl2FN3O3/c1-22(2)6-8-23(9-7-22)11-13(20(31)32)16(12-5-10-28-18(26)17(12)27)24(23)14-3-4-15(25)29-19(14)30-21(24)33/h3-5,10,13,16H,6-9,11H2,1-2H3,(H,31,32)(H,29,30,33)/t13-,16+,24?/m1/s1. The Balaban J connectivity index is 1.83. The van der Waals surface area contributed by atoms with Crippen LogP contribution in [-0.2, 0) is 15.0 Å². The monoisotopic (exact) mass is 491 g/mol. The summed E-state index contributed by atoms with van der Waals surface area (Å²) in [7, 11) is 0. The molecule has 5 rings (SSSR count). The van der Waals surface area contributed by atoms with Gasteiger partial charge < -0.3 is 10.4 Å². The van der Waals surface area contributed by atoms with E-state index < -0.39 is 34.5 Å². The minimum absolute atomic E-state index is 0.0740. The molecular weight excluding hydrogens is 468 g/mol. The number of nitrogens with one attached hydrogen (secondary N) is 1. The lowest BCUT2D eigenvalue weighted by molar-refractivity contribution is -0.142. The van der Waals surface area contributed by atoms with Crippen LogP contribution in [0.25, 0.3) is 0 Å². The maximum absolute atomic E-state index is 15.4. The number of carbonyl (C=O) groups is 2. The van der Waals surface area contributed by atoms with Gasteiger partial charge in [0.2, 0.25) is 5.91 Å². The Morgan fingerprint density at radius 1 is 1.18 bits per heavy atom. The molecule has 2 saturated carbocycles. The fourth-order valence-electron chi connectivity index (χ4n) is 6.70. The first-order chi connectivity index (χ1) is 15.5. The van der Waals surface area contributed by atoms with Gasteiger partial charge >= 0.3 is 5.97 Å².